The molecule has 1 saturated heterocycles. The Morgan fingerprint density at radius 1 is 1.50 bits per heavy atom. The summed E-state index contributed by atoms with van der Waals surface area (Å²) in [4.78, 5) is 13.1. The normalized spacial score (nSPS) is 22.7. The van der Waals surface area contributed by atoms with Crippen LogP contribution in [0.2, 0.25) is 0 Å². The van der Waals surface area contributed by atoms with Gasteiger partial charge < -0.3 is 10.2 Å². The summed E-state index contributed by atoms with van der Waals surface area (Å²) in [6.07, 6.45) is 2.17. The van der Waals surface area contributed by atoms with Crippen LogP contribution in [0.1, 0.15) is 12.8 Å². The second-order valence-electron chi connectivity index (χ2n) is 3.28. The van der Waals surface area contributed by atoms with Gasteiger partial charge in [-0.1, -0.05) is 0 Å². The number of nitrogens with one attached hydrogen (secondary N) is 1. The second-order valence-corrected chi connectivity index (χ2v) is 3.28. The summed E-state index contributed by atoms with van der Waals surface area (Å²) in [5.74, 6) is 0.482. The molecule has 0 aromatic carbocycles. The van der Waals surface area contributed by atoms with E-state index in [4.69, 9.17) is 0 Å². The molecule has 1 heterocycles. The van der Waals surface area contributed by atoms with Gasteiger partial charge in [-0.25, -0.2) is 0 Å². The standard InChI is InChI=1S/C8H16N2O.ClH/c1-10(2)8(11)7-4-3-5-9-6-7;/h7,9H,3-6H2,1-2H3;1H/t7-;/m0./s1. The Morgan fingerprint density at radius 3 is 2.58 bits per heavy atom. The lowest BCUT2D eigenvalue weighted by Gasteiger charge is -2.24. The summed E-state index contributed by atoms with van der Waals surface area (Å²) in [5.41, 5.74) is 0. The predicted molar refractivity (Wildman–Crippen MR) is 51.5 cm³/mol. The van der Waals surface area contributed by atoms with E-state index in [1.54, 1.807) is 4.90 Å². The lowest BCUT2D eigenvalue weighted by Crippen LogP contribution is -2.39. The summed E-state index contributed by atoms with van der Waals surface area (Å²) in [7, 11) is 3.63. The number of carbonyl (C=O) groups excluding carboxylic acids is 1. The minimum atomic E-state index is 0. The fourth-order valence-corrected chi connectivity index (χ4v) is 1.43. The molecule has 1 fully saturated rings. The molecular weight excluding hydrogens is 176 g/mol. The Morgan fingerprint density at radius 2 is 2.17 bits per heavy atom. The topological polar surface area (TPSA) is 32.3 Å². The first kappa shape index (κ1) is 11.7. The van der Waals surface area contributed by atoms with Crippen molar-refractivity contribution < 1.29 is 4.79 Å². The molecule has 0 aromatic rings. The second kappa shape index (κ2) is 5.38. The highest BCUT2D eigenvalue weighted by atomic mass is 35.5. The van der Waals surface area contributed by atoms with Crippen LogP contribution >= 0.6 is 12.4 Å². The van der Waals surface area contributed by atoms with E-state index in [0.717, 1.165) is 25.9 Å². The summed E-state index contributed by atoms with van der Waals surface area (Å²) in [6, 6.07) is 0. The van der Waals surface area contributed by atoms with Gasteiger partial charge in [-0.2, -0.15) is 0 Å². The average molecular weight is 193 g/mol. The van der Waals surface area contributed by atoms with Crippen LogP contribution in [0.15, 0.2) is 0 Å². The minimum absolute atomic E-state index is 0. The first-order chi connectivity index (χ1) is 5.22. The number of carbonyl (C=O) groups is 1. The van der Waals surface area contributed by atoms with Crippen molar-refractivity contribution in [3.05, 3.63) is 0 Å². The molecule has 1 rings (SSSR count). The molecule has 1 N–H and O–H groups in total. The Bertz CT molecular complexity index is 144. The number of rotatable bonds is 1. The molecule has 1 atom stereocenters. The van der Waals surface area contributed by atoms with Crippen molar-refractivity contribution in [1.82, 2.24) is 10.2 Å². The predicted octanol–water partition coefficient (Wildman–Crippen LogP) is 0.496. The molecule has 0 unspecified atom stereocenters. The Labute approximate surface area is 79.9 Å². The zero-order chi connectivity index (χ0) is 8.27. The highest BCUT2D eigenvalue weighted by Gasteiger charge is 2.21. The van der Waals surface area contributed by atoms with E-state index in [1.165, 1.54) is 0 Å². The van der Waals surface area contributed by atoms with Crippen LogP contribution < -0.4 is 5.32 Å². The van der Waals surface area contributed by atoms with Gasteiger partial charge in [-0.3, -0.25) is 4.79 Å². The van der Waals surface area contributed by atoms with Crippen LogP contribution in [0.5, 0.6) is 0 Å². The van der Waals surface area contributed by atoms with Crippen LogP contribution in [0.25, 0.3) is 0 Å². The average Bonchev–Trinajstić information content (AvgIpc) is 2.05. The molecule has 0 aromatic heterocycles. The number of piperidine rings is 1. The maximum absolute atomic E-state index is 11.4. The zero-order valence-corrected chi connectivity index (χ0v) is 8.49. The van der Waals surface area contributed by atoms with Crippen molar-refractivity contribution in [3.8, 4) is 0 Å². The summed E-state index contributed by atoms with van der Waals surface area (Å²) in [5, 5.41) is 3.22. The molecule has 3 nitrogen and oxygen atoms in total. The first-order valence-electron chi connectivity index (χ1n) is 4.13. The molecule has 0 spiro atoms. The van der Waals surface area contributed by atoms with E-state index in [0.29, 0.717) is 0 Å². The largest absolute Gasteiger partial charge is 0.349 e. The number of nitrogens with zero attached hydrogens (tertiary/aromatic N) is 1. The van der Waals surface area contributed by atoms with Crippen LogP contribution in [0, 0.1) is 5.92 Å². The third kappa shape index (κ3) is 2.99. The van der Waals surface area contributed by atoms with Gasteiger partial charge in [0.2, 0.25) is 5.91 Å². The minimum Gasteiger partial charge on any atom is -0.349 e. The van der Waals surface area contributed by atoms with Gasteiger partial charge in [0.15, 0.2) is 0 Å². The summed E-state index contributed by atoms with van der Waals surface area (Å²) < 4.78 is 0. The van der Waals surface area contributed by atoms with Gasteiger partial charge in [0.05, 0.1) is 5.92 Å². The van der Waals surface area contributed by atoms with E-state index in [-0.39, 0.29) is 24.2 Å². The van der Waals surface area contributed by atoms with Crippen molar-refractivity contribution in [2.45, 2.75) is 12.8 Å². The lowest BCUT2D eigenvalue weighted by atomic mass is 9.98. The SMILES string of the molecule is CN(C)C(=O)[C@H]1CCCNC1.Cl. The van der Waals surface area contributed by atoms with Gasteiger partial charge in [0.1, 0.15) is 0 Å². The van der Waals surface area contributed by atoms with E-state index < -0.39 is 0 Å². The van der Waals surface area contributed by atoms with Gasteiger partial charge in [0.25, 0.3) is 0 Å². The quantitative estimate of drug-likeness (QED) is 0.656. The van der Waals surface area contributed by atoms with Gasteiger partial charge in [-0.05, 0) is 19.4 Å². The molecule has 0 aliphatic carbocycles. The van der Waals surface area contributed by atoms with E-state index >= 15 is 0 Å². The molecule has 4 heteroatoms. The van der Waals surface area contributed by atoms with Crippen molar-refractivity contribution in [3.63, 3.8) is 0 Å². The third-order valence-corrected chi connectivity index (χ3v) is 2.09. The van der Waals surface area contributed by atoms with Gasteiger partial charge in [0, 0.05) is 20.6 Å². The van der Waals surface area contributed by atoms with E-state index in [1.807, 2.05) is 14.1 Å². The van der Waals surface area contributed by atoms with E-state index in [9.17, 15) is 4.79 Å². The molecule has 0 radical (unpaired) electrons. The van der Waals surface area contributed by atoms with Crippen LogP contribution in [0.4, 0.5) is 0 Å². The zero-order valence-electron chi connectivity index (χ0n) is 7.67. The van der Waals surface area contributed by atoms with Crippen molar-refractivity contribution in [2.75, 3.05) is 27.2 Å². The number of amides is 1. The highest BCUT2D eigenvalue weighted by molar-refractivity contribution is 5.85. The Kier molecular flexibility index (Phi) is 5.25. The monoisotopic (exact) mass is 192 g/mol. The molecule has 1 aliphatic heterocycles. The third-order valence-electron chi connectivity index (χ3n) is 2.09. The molecule has 12 heavy (non-hydrogen) atoms. The van der Waals surface area contributed by atoms with Gasteiger partial charge >= 0.3 is 0 Å². The maximum atomic E-state index is 11.4. The Balaban J connectivity index is 0.00000121. The van der Waals surface area contributed by atoms with Crippen molar-refractivity contribution in [2.24, 2.45) is 5.92 Å². The highest BCUT2D eigenvalue weighted by Crippen LogP contribution is 2.11. The van der Waals surface area contributed by atoms with Crippen LogP contribution in [0.3, 0.4) is 0 Å². The fourth-order valence-electron chi connectivity index (χ4n) is 1.43. The van der Waals surface area contributed by atoms with Crippen LogP contribution in [-0.2, 0) is 4.79 Å². The summed E-state index contributed by atoms with van der Waals surface area (Å²) >= 11 is 0. The summed E-state index contributed by atoms with van der Waals surface area (Å²) in [6.45, 7) is 1.92. The van der Waals surface area contributed by atoms with Crippen molar-refractivity contribution >= 4 is 18.3 Å². The smallest absolute Gasteiger partial charge is 0.226 e. The fraction of sp³-hybridized carbons (Fsp3) is 0.875. The van der Waals surface area contributed by atoms with Gasteiger partial charge in [-0.15, -0.1) is 12.4 Å². The molecule has 0 bridgehead atoms. The molecule has 72 valence electrons. The lowest BCUT2D eigenvalue weighted by molar-refractivity contribution is -0.133. The maximum Gasteiger partial charge on any atom is 0.226 e. The molecule has 1 amide bonds. The van der Waals surface area contributed by atoms with Crippen molar-refractivity contribution in [1.29, 1.82) is 0 Å². The molecular formula is C8H17ClN2O. The number of halogens is 1. The number of hydrogen-bond acceptors (Lipinski definition) is 2. The number of hydrogen-bond donors (Lipinski definition) is 1. The van der Waals surface area contributed by atoms with E-state index in [2.05, 4.69) is 5.32 Å². The first-order valence-corrected chi connectivity index (χ1v) is 4.13. The molecule has 1 aliphatic rings. The van der Waals surface area contributed by atoms with Crippen LogP contribution in [-0.4, -0.2) is 38.0 Å². The molecule has 0 saturated carbocycles. The Hall–Kier alpha value is -0.280.